The standard InChI is InChI=1S/C14H9F3N2O5/c15-14(16,17)24-10-3-1-8(2-4-10)9-5-12(19(22)23)11(18-7-9)6-13(20)21/h1-5,7H,6H2,(H,20,21). The molecule has 126 valence electrons. The van der Waals surface area contributed by atoms with Gasteiger partial charge >= 0.3 is 12.3 Å². The van der Waals surface area contributed by atoms with E-state index in [1.54, 1.807) is 0 Å². The summed E-state index contributed by atoms with van der Waals surface area (Å²) >= 11 is 0. The maximum Gasteiger partial charge on any atom is 0.573 e. The number of halogens is 3. The predicted octanol–water partition coefficient (Wildman–Crippen LogP) is 3.18. The topological polar surface area (TPSA) is 103 Å². The highest BCUT2D eigenvalue weighted by Crippen LogP contribution is 2.29. The van der Waals surface area contributed by atoms with Crippen LogP contribution in [0.4, 0.5) is 18.9 Å². The number of pyridine rings is 1. The highest BCUT2D eigenvalue weighted by atomic mass is 19.4. The minimum Gasteiger partial charge on any atom is -0.481 e. The number of ether oxygens (including phenoxy) is 1. The van der Waals surface area contributed by atoms with Gasteiger partial charge in [-0.05, 0) is 17.7 Å². The summed E-state index contributed by atoms with van der Waals surface area (Å²) < 4.78 is 40.0. The maximum absolute atomic E-state index is 12.1. The fourth-order valence-corrected chi connectivity index (χ4v) is 1.93. The van der Waals surface area contributed by atoms with Crippen molar-refractivity contribution in [1.29, 1.82) is 0 Å². The molecule has 0 aliphatic carbocycles. The quantitative estimate of drug-likeness (QED) is 0.661. The summed E-state index contributed by atoms with van der Waals surface area (Å²) in [5.41, 5.74) is -0.0739. The SMILES string of the molecule is O=C(O)Cc1ncc(-c2ccc(OC(F)(F)F)cc2)cc1[N+](=O)[O-]. The zero-order valence-corrected chi connectivity index (χ0v) is 11.8. The Balaban J connectivity index is 2.33. The number of carboxylic acids is 1. The van der Waals surface area contributed by atoms with Crippen molar-refractivity contribution in [2.45, 2.75) is 12.8 Å². The van der Waals surface area contributed by atoms with Gasteiger partial charge in [-0.3, -0.25) is 19.9 Å². The molecular formula is C14H9F3N2O5. The monoisotopic (exact) mass is 342 g/mol. The molecule has 0 spiro atoms. The zero-order chi connectivity index (χ0) is 17.9. The predicted molar refractivity (Wildman–Crippen MR) is 74.4 cm³/mol. The van der Waals surface area contributed by atoms with Crippen molar-refractivity contribution < 1.29 is 32.7 Å². The Hall–Kier alpha value is -3.17. The molecule has 1 aromatic heterocycles. The Kier molecular flexibility index (Phi) is 4.67. The van der Waals surface area contributed by atoms with E-state index in [-0.39, 0.29) is 11.3 Å². The molecule has 1 heterocycles. The Bertz CT molecular complexity index is 775. The van der Waals surface area contributed by atoms with Crippen LogP contribution < -0.4 is 4.74 Å². The van der Waals surface area contributed by atoms with Crippen LogP contribution in [0.15, 0.2) is 36.5 Å². The number of alkyl halides is 3. The van der Waals surface area contributed by atoms with Crippen molar-refractivity contribution >= 4 is 11.7 Å². The Morgan fingerprint density at radius 2 is 1.88 bits per heavy atom. The van der Waals surface area contributed by atoms with Gasteiger partial charge in [0.15, 0.2) is 0 Å². The molecule has 0 saturated heterocycles. The first-order valence-electron chi connectivity index (χ1n) is 6.37. The number of nitrogens with zero attached hydrogens (tertiary/aromatic N) is 2. The van der Waals surface area contributed by atoms with Crippen LogP contribution in [-0.2, 0) is 11.2 Å². The lowest BCUT2D eigenvalue weighted by Crippen LogP contribution is -2.16. The van der Waals surface area contributed by atoms with Crippen molar-refractivity contribution in [3.63, 3.8) is 0 Å². The number of carbonyl (C=O) groups is 1. The molecule has 1 N–H and O–H groups in total. The van der Waals surface area contributed by atoms with E-state index in [0.717, 1.165) is 18.2 Å². The summed E-state index contributed by atoms with van der Waals surface area (Å²) in [6.07, 6.45) is -4.22. The Morgan fingerprint density at radius 1 is 1.25 bits per heavy atom. The lowest BCUT2D eigenvalue weighted by Gasteiger charge is -2.09. The van der Waals surface area contributed by atoms with Crippen molar-refractivity contribution in [2.75, 3.05) is 0 Å². The van der Waals surface area contributed by atoms with E-state index in [2.05, 4.69) is 9.72 Å². The van der Waals surface area contributed by atoms with Crippen LogP contribution in [-0.4, -0.2) is 27.3 Å². The molecule has 10 heteroatoms. The second-order valence-corrected chi connectivity index (χ2v) is 4.59. The average Bonchev–Trinajstić information content (AvgIpc) is 2.46. The molecule has 0 aliphatic heterocycles. The fourth-order valence-electron chi connectivity index (χ4n) is 1.93. The van der Waals surface area contributed by atoms with Crippen molar-refractivity contribution in [3.05, 3.63) is 52.3 Å². The largest absolute Gasteiger partial charge is 0.573 e. The van der Waals surface area contributed by atoms with E-state index < -0.39 is 35.1 Å². The Labute approximate surface area is 132 Å². The molecule has 0 atom stereocenters. The van der Waals surface area contributed by atoms with Gasteiger partial charge in [-0.15, -0.1) is 13.2 Å². The van der Waals surface area contributed by atoms with Gasteiger partial charge in [-0.1, -0.05) is 12.1 Å². The second-order valence-electron chi connectivity index (χ2n) is 4.59. The molecule has 0 unspecified atom stereocenters. The highest BCUT2D eigenvalue weighted by Gasteiger charge is 2.31. The lowest BCUT2D eigenvalue weighted by molar-refractivity contribution is -0.385. The molecule has 2 rings (SSSR count). The maximum atomic E-state index is 12.1. The second kappa shape index (κ2) is 6.52. The fraction of sp³-hybridized carbons (Fsp3) is 0.143. The molecule has 0 aliphatic rings. The number of carboxylic acid groups (broad SMARTS) is 1. The first kappa shape index (κ1) is 17.2. The van der Waals surface area contributed by atoms with Gasteiger partial charge in [0.2, 0.25) is 0 Å². The Morgan fingerprint density at radius 3 is 2.38 bits per heavy atom. The molecule has 0 saturated carbocycles. The number of rotatable bonds is 5. The van der Waals surface area contributed by atoms with Crippen molar-refractivity contribution in [3.8, 4) is 16.9 Å². The van der Waals surface area contributed by atoms with Crippen LogP contribution in [0, 0.1) is 10.1 Å². The van der Waals surface area contributed by atoms with Gasteiger partial charge in [-0.25, -0.2) is 0 Å². The highest BCUT2D eigenvalue weighted by molar-refractivity contribution is 5.73. The minimum absolute atomic E-state index is 0.215. The first-order valence-corrected chi connectivity index (χ1v) is 6.37. The van der Waals surface area contributed by atoms with Crippen molar-refractivity contribution in [2.24, 2.45) is 0 Å². The van der Waals surface area contributed by atoms with Gasteiger partial charge in [0.25, 0.3) is 5.69 Å². The van der Waals surface area contributed by atoms with Gasteiger partial charge in [0.1, 0.15) is 11.4 Å². The van der Waals surface area contributed by atoms with Crippen LogP contribution in [0.25, 0.3) is 11.1 Å². The molecular weight excluding hydrogens is 333 g/mol. The summed E-state index contributed by atoms with van der Waals surface area (Å²) in [5, 5.41) is 19.7. The summed E-state index contributed by atoms with van der Waals surface area (Å²) in [5.74, 6) is -1.71. The third-order valence-electron chi connectivity index (χ3n) is 2.88. The average molecular weight is 342 g/mol. The molecule has 7 nitrogen and oxygen atoms in total. The smallest absolute Gasteiger partial charge is 0.481 e. The van der Waals surface area contributed by atoms with Crippen LogP contribution in [0.3, 0.4) is 0 Å². The first-order chi connectivity index (χ1) is 11.2. The molecule has 0 amide bonds. The lowest BCUT2D eigenvalue weighted by atomic mass is 10.1. The molecule has 1 aromatic carbocycles. The third-order valence-corrected chi connectivity index (χ3v) is 2.88. The molecule has 0 bridgehead atoms. The molecule has 0 radical (unpaired) electrons. The van der Waals surface area contributed by atoms with E-state index in [9.17, 15) is 28.1 Å². The van der Waals surface area contributed by atoms with E-state index in [1.165, 1.54) is 18.3 Å². The van der Waals surface area contributed by atoms with Gasteiger partial charge in [0, 0.05) is 17.8 Å². The molecule has 0 fully saturated rings. The molecule has 2 aromatic rings. The van der Waals surface area contributed by atoms with Gasteiger partial charge < -0.3 is 9.84 Å². The number of hydrogen-bond acceptors (Lipinski definition) is 5. The number of aromatic nitrogens is 1. The summed E-state index contributed by atoms with van der Waals surface area (Å²) in [6, 6.07) is 5.78. The zero-order valence-electron chi connectivity index (χ0n) is 11.8. The van der Waals surface area contributed by atoms with Crippen molar-refractivity contribution in [1.82, 2.24) is 4.98 Å². The number of benzene rings is 1. The van der Waals surface area contributed by atoms with E-state index in [4.69, 9.17) is 5.11 Å². The van der Waals surface area contributed by atoms with Crippen LogP contribution in [0.5, 0.6) is 5.75 Å². The summed E-state index contributed by atoms with van der Waals surface area (Å²) in [7, 11) is 0. The van der Waals surface area contributed by atoms with Crippen LogP contribution in [0.1, 0.15) is 5.69 Å². The minimum atomic E-state index is -4.82. The van der Waals surface area contributed by atoms with E-state index in [1.807, 2.05) is 0 Å². The third kappa shape index (κ3) is 4.41. The van der Waals surface area contributed by atoms with E-state index in [0.29, 0.717) is 5.56 Å². The summed E-state index contributed by atoms with van der Waals surface area (Å²) in [6.45, 7) is 0. The van der Waals surface area contributed by atoms with Gasteiger partial charge in [0.05, 0.1) is 11.3 Å². The number of nitro groups is 1. The normalized spacial score (nSPS) is 11.1. The number of hydrogen-bond donors (Lipinski definition) is 1. The van der Waals surface area contributed by atoms with Gasteiger partial charge in [-0.2, -0.15) is 0 Å². The molecule has 24 heavy (non-hydrogen) atoms. The van der Waals surface area contributed by atoms with Crippen LogP contribution in [0.2, 0.25) is 0 Å². The summed E-state index contributed by atoms with van der Waals surface area (Å²) in [4.78, 5) is 24.7. The van der Waals surface area contributed by atoms with Crippen LogP contribution >= 0.6 is 0 Å². The van der Waals surface area contributed by atoms with E-state index >= 15 is 0 Å². The number of aliphatic carboxylic acids is 1.